The fraction of sp³-hybridized carbons (Fsp3) is 0.676. The van der Waals surface area contributed by atoms with Crippen LogP contribution < -0.4 is 5.73 Å². The average molecular weight is 609 g/mol. The zero-order valence-electron chi connectivity index (χ0n) is 27.9. The van der Waals surface area contributed by atoms with Crippen LogP contribution >= 0.6 is 0 Å². The van der Waals surface area contributed by atoms with E-state index in [2.05, 4.69) is 41.5 Å². The van der Waals surface area contributed by atoms with Gasteiger partial charge in [0, 0.05) is 49.9 Å². The SMILES string of the molecule is CCCCc1nc2c(N)nc3cc(CCCN4CCN(C(=O)OC(C)(C)C)CC4)ccc3c2n1CC1(C)COC(C)(C)OC1. The van der Waals surface area contributed by atoms with Crippen LogP contribution in [0.2, 0.25) is 0 Å². The van der Waals surface area contributed by atoms with E-state index in [4.69, 9.17) is 29.9 Å². The fourth-order valence-electron chi connectivity index (χ4n) is 6.09. The molecule has 1 amide bonds. The molecule has 3 aromatic rings. The number of piperazine rings is 1. The molecular formula is C34H52N6O4. The summed E-state index contributed by atoms with van der Waals surface area (Å²) in [5, 5.41) is 1.08. The zero-order chi connectivity index (χ0) is 31.7. The van der Waals surface area contributed by atoms with E-state index < -0.39 is 11.4 Å². The summed E-state index contributed by atoms with van der Waals surface area (Å²) in [6.07, 6.45) is 4.81. The van der Waals surface area contributed by atoms with Crippen LogP contribution in [0, 0.1) is 5.41 Å². The third kappa shape index (κ3) is 7.64. The number of unbranched alkanes of at least 4 members (excludes halogenated alkanes) is 1. The fourth-order valence-corrected chi connectivity index (χ4v) is 6.09. The lowest BCUT2D eigenvalue weighted by atomic mass is 9.91. The van der Waals surface area contributed by atoms with E-state index in [0.717, 1.165) is 86.0 Å². The summed E-state index contributed by atoms with van der Waals surface area (Å²) in [5.74, 6) is 0.962. The molecular weight excluding hydrogens is 556 g/mol. The molecule has 0 bridgehead atoms. The number of amides is 1. The normalized spacial score (nSPS) is 19.1. The largest absolute Gasteiger partial charge is 0.444 e. The lowest BCUT2D eigenvalue weighted by Gasteiger charge is -2.41. The van der Waals surface area contributed by atoms with Crippen LogP contribution in [-0.4, -0.2) is 87.8 Å². The summed E-state index contributed by atoms with van der Waals surface area (Å²) in [6.45, 7) is 20.2. The van der Waals surface area contributed by atoms with E-state index in [-0.39, 0.29) is 11.5 Å². The maximum Gasteiger partial charge on any atom is 0.410 e. The van der Waals surface area contributed by atoms with Crippen LogP contribution in [0.3, 0.4) is 0 Å². The molecule has 2 aliphatic rings. The van der Waals surface area contributed by atoms with Gasteiger partial charge in [-0.1, -0.05) is 32.4 Å². The highest BCUT2D eigenvalue weighted by atomic mass is 16.7. The predicted octanol–water partition coefficient (Wildman–Crippen LogP) is 5.78. The van der Waals surface area contributed by atoms with E-state index in [1.54, 1.807) is 0 Å². The lowest BCUT2D eigenvalue weighted by molar-refractivity contribution is -0.284. The summed E-state index contributed by atoms with van der Waals surface area (Å²) >= 11 is 0. The molecule has 0 unspecified atom stereocenters. The number of hydrogen-bond acceptors (Lipinski definition) is 8. The monoisotopic (exact) mass is 608 g/mol. The molecule has 5 rings (SSSR count). The number of hydrogen-bond donors (Lipinski definition) is 1. The van der Waals surface area contributed by atoms with Crippen molar-refractivity contribution in [1.82, 2.24) is 24.3 Å². The minimum atomic E-state index is -0.562. The number of nitrogen functional groups attached to an aromatic ring is 1. The molecule has 0 spiro atoms. The Kier molecular flexibility index (Phi) is 9.44. The van der Waals surface area contributed by atoms with Gasteiger partial charge in [-0.05, 0) is 72.1 Å². The Morgan fingerprint density at radius 1 is 1.02 bits per heavy atom. The Balaban J connectivity index is 1.30. The van der Waals surface area contributed by atoms with Gasteiger partial charge in [-0.15, -0.1) is 0 Å². The van der Waals surface area contributed by atoms with Crippen LogP contribution in [0.1, 0.15) is 79.1 Å². The molecule has 0 aliphatic carbocycles. The molecule has 10 nitrogen and oxygen atoms in total. The second-order valence-corrected chi connectivity index (χ2v) is 14.5. The molecule has 2 aliphatic heterocycles. The van der Waals surface area contributed by atoms with Gasteiger partial charge in [0.25, 0.3) is 0 Å². The Morgan fingerprint density at radius 3 is 2.39 bits per heavy atom. The van der Waals surface area contributed by atoms with Gasteiger partial charge in [0.1, 0.15) is 16.9 Å². The maximum absolute atomic E-state index is 12.4. The minimum Gasteiger partial charge on any atom is -0.444 e. The van der Waals surface area contributed by atoms with Crippen molar-refractivity contribution >= 4 is 33.8 Å². The Labute approximate surface area is 262 Å². The highest BCUT2D eigenvalue weighted by Gasteiger charge is 2.38. The maximum atomic E-state index is 12.4. The first kappa shape index (κ1) is 32.4. The second kappa shape index (κ2) is 12.8. The number of carbonyl (C=O) groups excluding carboxylic acids is 1. The molecule has 2 saturated heterocycles. The van der Waals surface area contributed by atoms with E-state index >= 15 is 0 Å². The topological polar surface area (TPSA) is 108 Å². The van der Waals surface area contributed by atoms with E-state index in [1.807, 2.05) is 39.5 Å². The van der Waals surface area contributed by atoms with Crippen molar-refractivity contribution < 1.29 is 19.0 Å². The average Bonchev–Trinajstić information content (AvgIpc) is 3.31. The summed E-state index contributed by atoms with van der Waals surface area (Å²) in [5.41, 5.74) is 9.90. The number of aromatic nitrogens is 3. The van der Waals surface area contributed by atoms with Crippen molar-refractivity contribution in [2.45, 2.75) is 98.5 Å². The quantitative estimate of drug-likeness (QED) is 0.326. The molecule has 0 radical (unpaired) electrons. The van der Waals surface area contributed by atoms with E-state index in [9.17, 15) is 4.79 Å². The molecule has 2 N–H and O–H groups in total. The van der Waals surface area contributed by atoms with Gasteiger partial charge in [0.05, 0.1) is 24.2 Å². The Morgan fingerprint density at radius 2 is 1.73 bits per heavy atom. The Hall–Kier alpha value is -2.95. The molecule has 242 valence electrons. The molecule has 1 aromatic carbocycles. The predicted molar refractivity (Wildman–Crippen MR) is 175 cm³/mol. The number of pyridine rings is 1. The molecule has 4 heterocycles. The Bertz CT molecular complexity index is 1460. The van der Waals surface area contributed by atoms with Crippen molar-refractivity contribution in [3.63, 3.8) is 0 Å². The van der Waals surface area contributed by atoms with Gasteiger partial charge in [0.2, 0.25) is 0 Å². The van der Waals surface area contributed by atoms with Crippen LogP contribution in [0.4, 0.5) is 10.6 Å². The summed E-state index contributed by atoms with van der Waals surface area (Å²) in [7, 11) is 0. The molecule has 0 atom stereocenters. The third-order valence-corrected chi connectivity index (χ3v) is 8.64. The number of anilines is 1. The number of nitrogens with zero attached hydrogens (tertiary/aromatic N) is 5. The van der Waals surface area contributed by atoms with Crippen LogP contribution in [0.5, 0.6) is 0 Å². The van der Waals surface area contributed by atoms with Crippen molar-refractivity contribution in [3.8, 4) is 0 Å². The summed E-state index contributed by atoms with van der Waals surface area (Å²) in [4.78, 5) is 26.5. The number of benzene rings is 1. The van der Waals surface area contributed by atoms with E-state index in [0.29, 0.717) is 32.1 Å². The summed E-state index contributed by atoms with van der Waals surface area (Å²) < 4.78 is 20.1. The number of rotatable bonds is 9. The van der Waals surface area contributed by atoms with Crippen molar-refractivity contribution in [2.24, 2.45) is 5.41 Å². The number of imidazole rings is 1. The van der Waals surface area contributed by atoms with Gasteiger partial charge >= 0.3 is 6.09 Å². The lowest BCUT2D eigenvalue weighted by Crippen LogP contribution is -2.50. The van der Waals surface area contributed by atoms with Crippen LogP contribution in [0.25, 0.3) is 21.9 Å². The zero-order valence-corrected chi connectivity index (χ0v) is 27.9. The van der Waals surface area contributed by atoms with Gasteiger partial charge in [-0.3, -0.25) is 4.90 Å². The number of fused-ring (bicyclic) bond motifs is 3. The van der Waals surface area contributed by atoms with Crippen molar-refractivity contribution in [3.05, 3.63) is 29.6 Å². The third-order valence-electron chi connectivity index (χ3n) is 8.64. The first-order chi connectivity index (χ1) is 20.8. The van der Waals surface area contributed by atoms with Crippen LogP contribution in [0.15, 0.2) is 18.2 Å². The van der Waals surface area contributed by atoms with Crippen LogP contribution in [-0.2, 0) is 33.6 Å². The van der Waals surface area contributed by atoms with Crippen molar-refractivity contribution in [2.75, 3.05) is 51.7 Å². The number of carbonyl (C=O) groups is 1. The standard InChI is InChI=1S/C34H52N6O4/c1-8-9-12-27-37-28-29(40(27)21-34(7)22-42-33(5,6)43-23-34)25-14-13-24(20-26(25)36-30(28)35)11-10-15-38-16-18-39(19-17-38)31(41)44-32(2,3)4/h13-14,20H,8-12,15-19,21-23H2,1-7H3,(H2,35,36). The molecule has 2 aromatic heterocycles. The smallest absolute Gasteiger partial charge is 0.410 e. The van der Waals surface area contributed by atoms with Crippen molar-refractivity contribution in [1.29, 1.82) is 0 Å². The first-order valence-electron chi connectivity index (χ1n) is 16.3. The minimum absolute atomic E-state index is 0.188. The highest BCUT2D eigenvalue weighted by molar-refractivity contribution is 6.06. The van der Waals surface area contributed by atoms with Gasteiger partial charge in [0.15, 0.2) is 11.6 Å². The van der Waals surface area contributed by atoms with Gasteiger partial charge < -0.3 is 29.4 Å². The van der Waals surface area contributed by atoms with Gasteiger partial charge in [-0.25, -0.2) is 14.8 Å². The number of aryl methyl sites for hydroxylation is 2. The van der Waals surface area contributed by atoms with E-state index in [1.165, 1.54) is 5.56 Å². The molecule has 0 saturated carbocycles. The number of ether oxygens (including phenoxy) is 3. The second-order valence-electron chi connectivity index (χ2n) is 14.5. The summed E-state index contributed by atoms with van der Waals surface area (Å²) in [6, 6.07) is 6.60. The molecule has 44 heavy (non-hydrogen) atoms. The molecule has 2 fully saturated rings. The molecule has 10 heteroatoms. The first-order valence-corrected chi connectivity index (χ1v) is 16.3. The van der Waals surface area contributed by atoms with Gasteiger partial charge in [-0.2, -0.15) is 0 Å². The highest BCUT2D eigenvalue weighted by Crippen LogP contribution is 2.36. The number of nitrogens with two attached hydrogens (primary N) is 1.